The van der Waals surface area contributed by atoms with Crippen molar-refractivity contribution in [3.63, 3.8) is 0 Å². The highest BCUT2D eigenvalue weighted by Crippen LogP contribution is 2.34. The molecule has 3 heterocycles. The molecule has 10 heteroatoms. The number of rotatable bonds is 4. The number of fused-ring (bicyclic) bond motifs is 1. The molecular weight excluding hydrogens is 410 g/mol. The summed E-state index contributed by atoms with van der Waals surface area (Å²) >= 11 is 0. The quantitative estimate of drug-likeness (QED) is 0.489. The molecule has 4 N–H and O–H groups in total. The summed E-state index contributed by atoms with van der Waals surface area (Å²) in [5, 5.41) is 42.3. The van der Waals surface area contributed by atoms with Crippen LogP contribution in [0.3, 0.4) is 0 Å². The predicted octanol–water partition coefficient (Wildman–Crippen LogP) is -0.692. The van der Waals surface area contributed by atoms with Crippen LogP contribution >= 0.6 is 0 Å². The van der Waals surface area contributed by atoms with Crippen molar-refractivity contribution in [2.75, 3.05) is 24.6 Å². The summed E-state index contributed by atoms with van der Waals surface area (Å²) in [5.74, 6) is 0.398. The molecule has 3 aliphatic heterocycles. The Hall–Kier alpha value is -3.00. The van der Waals surface area contributed by atoms with Gasteiger partial charge in [0.15, 0.2) is 6.17 Å². The molecular formula is C22H27N7O3. The molecule has 1 aromatic carbocycles. The summed E-state index contributed by atoms with van der Waals surface area (Å²) in [6, 6.07) is 9.21. The average Bonchev–Trinajstić information content (AvgIpc) is 3.53. The first-order valence-corrected chi connectivity index (χ1v) is 11.0. The molecule has 1 aliphatic carbocycles. The van der Waals surface area contributed by atoms with Crippen LogP contribution in [-0.4, -0.2) is 94.9 Å². The van der Waals surface area contributed by atoms with Crippen molar-refractivity contribution >= 4 is 24.2 Å². The lowest BCUT2D eigenvalue weighted by Gasteiger charge is -2.34. The van der Waals surface area contributed by atoms with E-state index in [1.807, 2.05) is 29.2 Å². The first-order valence-electron chi connectivity index (χ1n) is 11.0. The molecule has 1 saturated carbocycles. The Balaban J connectivity index is 1.27. The van der Waals surface area contributed by atoms with E-state index in [0.29, 0.717) is 12.0 Å². The number of nitrogens with zero attached hydrogens (tertiary/aromatic N) is 6. The maximum absolute atomic E-state index is 10.5. The molecule has 7 unspecified atom stereocenters. The Labute approximate surface area is 186 Å². The molecule has 32 heavy (non-hydrogen) atoms. The number of nitrogens with one attached hydrogen (secondary N) is 1. The highest BCUT2D eigenvalue weighted by Gasteiger charge is 2.48. The molecule has 0 radical (unpaired) electrons. The third-order valence-electron chi connectivity index (χ3n) is 6.90. The van der Waals surface area contributed by atoms with Crippen molar-refractivity contribution in [3.05, 3.63) is 29.8 Å². The van der Waals surface area contributed by atoms with Crippen LogP contribution in [-0.2, 0) is 0 Å². The third kappa shape index (κ3) is 3.62. The van der Waals surface area contributed by atoms with E-state index in [9.17, 15) is 15.3 Å². The first kappa shape index (κ1) is 20.9. The lowest BCUT2D eigenvalue weighted by atomic mass is 10.1. The Kier molecular flexibility index (Phi) is 5.55. The van der Waals surface area contributed by atoms with Gasteiger partial charge in [-0.2, -0.15) is 5.26 Å². The van der Waals surface area contributed by atoms with Crippen LogP contribution in [0.4, 0.5) is 5.69 Å². The monoisotopic (exact) mass is 437 g/mol. The Morgan fingerprint density at radius 1 is 1.19 bits per heavy atom. The maximum atomic E-state index is 10.5. The number of aliphatic imine (C=N–C) groups is 3. The van der Waals surface area contributed by atoms with Crippen LogP contribution in [0, 0.1) is 17.2 Å². The third-order valence-corrected chi connectivity index (χ3v) is 6.90. The second-order valence-electron chi connectivity index (χ2n) is 8.78. The largest absolute Gasteiger partial charge is 0.396 e. The number of hydrogen-bond acceptors (Lipinski definition) is 9. The molecule has 168 valence electrons. The highest BCUT2D eigenvalue weighted by atomic mass is 16.3. The van der Waals surface area contributed by atoms with Gasteiger partial charge in [-0.15, -0.1) is 0 Å². The number of nitriles is 1. The fourth-order valence-corrected chi connectivity index (χ4v) is 5.09. The second kappa shape index (κ2) is 8.50. The number of benzene rings is 1. The van der Waals surface area contributed by atoms with Crippen molar-refractivity contribution in [1.82, 2.24) is 10.2 Å². The van der Waals surface area contributed by atoms with Crippen LogP contribution in [0.15, 0.2) is 39.2 Å². The number of amidine groups is 1. The molecule has 5 rings (SSSR count). The summed E-state index contributed by atoms with van der Waals surface area (Å²) in [5.41, 5.74) is 1.73. The van der Waals surface area contributed by atoms with E-state index in [-0.39, 0.29) is 36.8 Å². The van der Waals surface area contributed by atoms with Gasteiger partial charge in [0.05, 0.1) is 42.5 Å². The SMILES string of the molecule is N#Cc1ccc(N2CCC(N=C3NC=NC4C3N=CN4C3CC(CO)C(O)C3O)C2)cc1. The smallest absolute Gasteiger partial charge is 0.153 e. The van der Waals surface area contributed by atoms with E-state index in [0.717, 1.165) is 31.0 Å². The van der Waals surface area contributed by atoms with Crippen molar-refractivity contribution in [2.45, 2.75) is 49.3 Å². The summed E-state index contributed by atoms with van der Waals surface area (Å²) in [6.07, 6.45) is 2.46. The second-order valence-corrected chi connectivity index (χ2v) is 8.78. The molecule has 2 fully saturated rings. The zero-order valence-corrected chi connectivity index (χ0v) is 17.6. The summed E-state index contributed by atoms with van der Waals surface area (Å²) < 4.78 is 0. The van der Waals surface area contributed by atoms with E-state index in [2.05, 4.69) is 26.3 Å². The maximum Gasteiger partial charge on any atom is 0.153 e. The van der Waals surface area contributed by atoms with E-state index in [1.165, 1.54) is 0 Å². The van der Waals surface area contributed by atoms with Crippen LogP contribution in [0.25, 0.3) is 0 Å². The van der Waals surface area contributed by atoms with Crippen molar-refractivity contribution < 1.29 is 15.3 Å². The summed E-state index contributed by atoms with van der Waals surface area (Å²) in [6.45, 7) is 1.51. The van der Waals surface area contributed by atoms with Crippen LogP contribution in [0.1, 0.15) is 18.4 Å². The molecule has 4 aliphatic rings. The molecule has 10 nitrogen and oxygen atoms in total. The predicted molar refractivity (Wildman–Crippen MR) is 120 cm³/mol. The number of anilines is 1. The number of aliphatic hydroxyl groups is 3. The molecule has 1 aromatic rings. The molecule has 1 saturated heterocycles. The molecule has 0 amide bonds. The van der Waals surface area contributed by atoms with Gasteiger partial charge in [-0.25, -0.2) is 4.99 Å². The van der Waals surface area contributed by atoms with E-state index in [4.69, 9.17) is 10.3 Å². The lowest BCUT2D eigenvalue weighted by Crippen LogP contribution is -2.53. The topological polar surface area (TPSA) is 140 Å². The molecule has 7 atom stereocenters. The van der Waals surface area contributed by atoms with Gasteiger partial charge in [-0.1, -0.05) is 0 Å². The Morgan fingerprint density at radius 2 is 2.00 bits per heavy atom. The van der Waals surface area contributed by atoms with E-state index in [1.54, 1.807) is 12.7 Å². The van der Waals surface area contributed by atoms with Gasteiger partial charge in [-0.3, -0.25) is 9.98 Å². The summed E-state index contributed by atoms with van der Waals surface area (Å²) in [7, 11) is 0. The van der Waals surface area contributed by atoms with Gasteiger partial charge >= 0.3 is 0 Å². The lowest BCUT2D eigenvalue weighted by molar-refractivity contribution is -0.0112. The molecule has 0 aromatic heterocycles. The zero-order valence-electron chi connectivity index (χ0n) is 17.6. The van der Waals surface area contributed by atoms with Crippen molar-refractivity contribution in [2.24, 2.45) is 20.9 Å². The molecule has 0 bridgehead atoms. The fraction of sp³-hybridized carbons (Fsp3) is 0.545. The average molecular weight is 438 g/mol. The van der Waals surface area contributed by atoms with Gasteiger partial charge in [0.2, 0.25) is 0 Å². The van der Waals surface area contributed by atoms with Gasteiger partial charge in [0, 0.05) is 31.3 Å². The van der Waals surface area contributed by atoms with E-state index < -0.39 is 12.2 Å². The molecule has 0 spiro atoms. The minimum absolute atomic E-state index is 0.113. The Morgan fingerprint density at radius 3 is 2.72 bits per heavy atom. The Bertz CT molecular complexity index is 973. The van der Waals surface area contributed by atoms with E-state index >= 15 is 0 Å². The van der Waals surface area contributed by atoms with Gasteiger partial charge in [0.1, 0.15) is 18.0 Å². The number of aliphatic hydroxyl groups excluding tert-OH is 3. The minimum Gasteiger partial charge on any atom is -0.396 e. The standard InChI is InChI=1S/C22H27N7O3/c23-8-13-1-3-16(4-2-13)28-6-5-15(9-28)27-21-18-22(25-11-24-21)29(12-26-18)17-7-14(10-30)19(31)20(17)32/h1-4,11-12,14-15,17-20,22,30-32H,5-7,9-10H2,(H,24,25,27). The van der Waals surface area contributed by atoms with Crippen molar-refractivity contribution in [3.8, 4) is 6.07 Å². The van der Waals surface area contributed by atoms with Gasteiger partial charge in [-0.05, 0) is 37.1 Å². The normalized spacial score (nSPS) is 37.1. The minimum atomic E-state index is -0.960. The van der Waals surface area contributed by atoms with Gasteiger partial charge < -0.3 is 30.4 Å². The zero-order chi connectivity index (χ0) is 22.2. The summed E-state index contributed by atoms with van der Waals surface area (Å²) in [4.78, 5) is 18.2. The van der Waals surface area contributed by atoms with Crippen molar-refractivity contribution in [1.29, 1.82) is 5.26 Å². The van der Waals surface area contributed by atoms with Crippen LogP contribution < -0.4 is 10.2 Å². The first-order chi connectivity index (χ1) is 15.6. The van der Waals surface area contributed by atoms with Gasteiger partial charge in [0.25, 0.3) is 0 Å². The van der Waals surface area contributed by atoms with Crippen LogP contribution in [0.2, 0.25) is 0 Å². The highest BCUT2D eigenvalue weighted by molar-refractivity contribution is 6.00. The van der Waals surface area contributed by atoms with Crippen LogP contribution in [0.5, 0.6) is 0 Å². The number of hydrogen-bond donors (Lipinski definition) is 4. The fourth-order valence-electron chi connectivity index (χ4n) is 5.09.